The lowest BCUT2D eigenvalue weighted by molar-refractivity contribution is 0.0682. The van der Waals surface area contributed by atoms with Crippen LogP contribution < -0.4 is 16.6 Å². The highest BCUT2D eigenvalue weighted by molar-refractivity contribution is 6.05. The molecule has 0 aliphatic carbocycles. The molecule has 1 amide bonds. The maximum atomic E-state index is 13.7. The first kappa shape index (κ1) is 18.9. The Balaban J connectivity index is 1.96. The molecule has 0 radical (unpaired) electrons. The van der Waals surface area contributed by atoms with Crippen LogP contribution in [0.2, 0.25) is 0 Å². The Morgan fingerprint density at radius 1 is 1.25 bits per heavy atom. The van der Waals surface area contributed by atoms with Gasteiger partial charge in [0.1, 0.15) is 0 Å². The van der Waals surface area contributed by atoms with Gasteiger partial charge in [-0.2, -0.15) is 0 Å². The van der Waals surface area contributed by atoms with Gasteiger partial charge in [0.25, 0.3) is 11.5 Å². The van der Waals surface area contributed by atoms with Crippen LogP contribution in [0.1, 0.15) is 62.0 Å². The van der Waals surface area contributed by atoms with Crippen molar-refractivity contribution < 1.29 is 4.79 Å². The summed E-state index contributed by atoms with van der Waals surface area (Å²) in [6, 6.07) is 2.07. The quantitative estimate of drug-likeness (QED) is 0.827. The summed E-state index contributed by atoms with van der Waals surface area (Å²) in [4.78, 5) is 47.6. The predicted molar refractivity (Wildman–Crippen MR) is 107 cm³/mol. The number of nitrogens with one attached hydrogen (secondary N) is 2. The molecule has 0 spiro atoms. The second-order valence-electron chi connectivity index (χ2n) is 8.04. The minimum Gasteiger partial charge on any atom is -0.331 e. The Bertz CT molecular complexity index is 1020. The van der Waals surface area contributed by atoms with E-state index in [1.807, 2.05) is 25.7 Å². The predicted octanol–water partition coefficient (Wildman–Crippen LogP) is 1.19. The van der Waals surface area contributed by atoms with Gasteiger partial charge in [0.05, 0.1) is 10.9 Å². The van der Waals surface area contributed by atoms with Gasteiger partial charge in [-0.25, -0.2) is 9.78 Å². The molecule has 4 heterocycles. The lowest BCUT2D eigenvalue weighted by Crippen LogP contribution is -2.43. The van der Waals surface area contributed by atoms with E-state index < -0.39 is 11.2 Å². The summed E-state index contributed by atoms with van der Waals surface area (Å²) in [5.41, 5.74) is 0.326. The zero-order valence-corrected chi connectivity index (χ0v) is 16.6. The van der Waals surface area contributed by atoms with Crippen molar-refractivity contribution in [2.24, 2.45) is 0 Å². The maximum absolute atomic E-state index is 13.7. The molecule has 2 N–H and O–H groups in total. The second-order valence-corrected chi connectivity index (χ2v) is 8.04. The molecule has 0 aromatic carbocycles. The number of carbonyl (C=O) groups is 1. The van der Waals surface area contributed by atoms with E-state index in [-0.39, 0.29) is 29.3 Å². The molecule has 2 fully saturated rings. The number of nitrogens with zero attached hydrogens (tertiary/aromatic N) is 3. The minimum atomic E-state index is -0.545. The lowest BCUT2D eigenvalue weighted by Gasteiger charge is -2.28. The van der Waals surface area contributed by atoms with E-state index in [2.05, 4.69) is 15.3 Å². The fraction of sp³-hybridized carbons (Fsp3) is 0.600. The summed E-state index contributed by atoms with van der Waals surface area (Å²) < 4.78 is 1.43. The van der Waals surface area contributed by atoms with Crippen molar-refractivity contribution in [1.82, 2.24) is 24.8 Å². The molecule has 2 unspecified atom stereocenters. The van der Waals surface area contributed by atoms with Crippen LogP contribution in [0.5, 0.6) is 0 Å². The first-order valence-corrected chi connectivity index (χ1v) is 10.1. The number of H-pyrrole nitrogens is 1. The van der Waals surface area contributed by atoms with Gasteiger partial charge in [0, 0.05) is 30.9 Å². The average Bonchev–Trinajstić information content (AvgIpc) is 2.92. The normalized spacial score (nSPS) is 22.1. The number of aromatic nitrogens is 3. The van der Waals surface area contributed by atoms with Crippen molar-refractivity contribution in [3.63, 3.8) is 0 Å². The van der Waals surface area contributed by atoms with Crippen LogP contribution >= 0.6 is 0 Å². The molecule has 2 aromatic rings. The van der Waals surface area contributed by atoms with Crippen LogP contribution in [-0.4, -0.2) is 50.5 Å². The number of hydrogen-bond donors (Lipinski definition) is 2. The molecule has 2 aromatic heterocycles. The van der Waals surface area contributed by atoms with Gasteiger partial charge < -0.3 is 10.2 Å². The third-order valence-corrected chi connectivity index (χ3v) is 6.00. The first-order chi connectivity index (χ1) is 13.4. The summed E-state index contributed by atoms with van der Waals surface area (Å²) in [7, 11) is 0. The highest BCUT2D eigenvalue weighted by atomic mass is 16.2. The van der Waals surface area contributed by atoms with Gasteiger partial charge in [-0.3, -0.25) is 19.1 Å². The van der Waals surface area contributed by atoms with E-state index in [9.17, 15) is 14.4 Å². The van der Waals surface area contributed by atoms with E-state index in [4.69, 9.17) is 0 Å². The zero-order chi connectivity index (χ0) is 20.0. The molecular weight excluding hydrogens is 358 g/mol. The maximum Gasteiger partial charge on any atom is 0.329 e. The zero-order valence-electron chi connectivity index (χ0n) is 16.6. The summed E-state index contributed by atoms with van der Waals surface area (Å²) in [6.45, 7) is 7.85. The Kier molecular flexibility index (Phi) is 4.82. The van der Waals surface area contributed by atoms with E-state index in [1.54, 1.807) is 6.07 Å². The molecule has 2 bridgehead atoms. The topological polar surface area (TPSA) is 100 Å². The highest BCUT2D eigenvalue weighted by Gasteiger charge is 2.39. The van der Waals surface area contributed by atoms with Crippen molar-refractivity contribution in [2.75, 3.05) is 13.1 Å². The number of aromatic amines is 1. The van der Waals surface area contributed by atoms with Crippen LogP contribution in [0.3, 0.4) is 0 Å². The third kappa shape index (κ3) is 2.96. The molecule has 0 saturated carbocycles. The van der Waals surface area contributed by atoms with Gasteiger partial charge in [-0.05, 0) is 44.7 Å². The second kappa shape index (κ2) is 7.16. The van der Waals surface area contributed by atoms with E-state index in [1.165, 1.54) is 4.57 Å². The summed E-state index contributed by atoms with van der Waals surface area (Å²) in [6.07, 6.45) is 2.88. The number of carbonyl (C=O) groups excluding carboxylic acids is 1. The van der Waals surface area contributed by atoms with Crippen LogP contribution in [0.4, 0.5) is 0 Å². The molecule has 8 nitrogen and oxygen atoms in total. The van der Waals surface area contributed by atoms with E-state index >= 15 is 0 Å². The number of hydrogen-bond acceptors (Lipinski definition) is 5. The van der Waals surface area contributed by atoms with Crippen molar-refractivity contribution in [2.45, 2.75) is 64.6 Å². The molecular formula is C20H27N5O3. The standard InChI is InChI=1S/C20H27N5O3/c1-4-24-17-16(18(26)23-20(24)28)14(9-15(22-17)11(2)3)19(27)25-12-5-6-13(25)10-21-8-7-12/h9,11-13,21H,4-8,10H2,1-3H3,(H,23,26,28). The number of fused-ring (bicyclic) bond motifs is 3. The van der Waals surface area contributed by atoms with Crippen LogP contribution in [0, 0.1) is 0 Å². The largest absolute Gasteiger partial charge is 0.331 e. The molecule has 4 rings (SSSR count). The number of pyridine rings is 1. The van der Waals surface area contributed by atoms with Gasteiger partial charge in [0.15, 0.2) is 5.65 Å². The molecule has 8 heteroatoms. The van der Waals surface area contributed by atoms with Crippen LogP contribution in [-0.2, 0) is 6.54 Å². The monoisotopic (exact) mass is 385 g/mol. The Morgan fingerprint density at radius 2 is 2.00 bits per heavy atom. The smallest absolute Gasteiger partial charge is 0.329 e. The van der Waals surface area contributed by atoms with Gasteiger partial charge in [-0.15, -0.1) is 0 Å². The molecule has 150 valence electrons. The number of amides is 1. The van der Waals surface area contributed by atoms with Gasteiger partial charge in [-0.1, -0.05) is 13.8 Å². The Morgan fingerprint density at radius 3 is 2.71 bits per heavy atom. The van der Waals surface area contributed by atoms with Gasteiger partial charge >= 0.3 is 5.69 Å². The van der Waals surface area contributed by atoms with E-state index in [0.717, 1.165) is 32.4 Å². The highest BCUT2D eigenvalue weighted by Crippen LogP contribution is 2.31. The lowest BCUT2D eigenvalue weighted by atomic mass is 10.0. The van der Waals surface area contributed by atoms with Crippen LogP contribution in [0.25, 0.3) is 11.0 Å². The Hall–Kier alpha value is -2.48. The molecule has 2 atom stereocenters. The van der Waals surface area contributed by atoms with Crippen molar-refractivity contribution >= 4 is 16.9 Å². The fourth-order valence-electron chi connectivity index (χ4n) is 4.50. The van der Waals surface area contributed by atoms with Crippen molar-refractivity contribution in [3.8, 4) is 0 Å². The Labute approximate surface area is 163 Å². The summed E-state index contributed by atoms with van der Waals surface area (Å²) >= 11 is 0. The fourth-order valence-corrected chi connectivity index (χ4v) is 4.50. The molecule has 2 saturated heterocycles. The summed E-state index contributed by atoms with van der Waals surface area (Å²) in [5.74, 6) is -0.0597. The molecule has 28 heavy (non-hydrogen) atoms. The summed E-state index contributed by atoms with van der Waals surface area (Å²) in [5, 5.41) is 3.61. The van der Waals surface area contributed by atoms with Crippen LogP contribution in [0.15, 0.2) is 15.7 Å². The minimum absolute atomic E-state index is 0.0677. The number of aryl methyl sites for hydroxylation is 1. The average molecular weight is 385 g/mol. The SMILES string of the molecule is CCn1c(=O)[nH]c(=O)c2c(C(=O)N3C4CCNCC3CC4)cc(C(C)C)nc21. The van der Waals surface area contributed by atoms with E-state index in [0.29, 0.717) is 23.4 Å². The molecule has 2 aliphatic rings. The van der Waals surface area contributed by atoms with Gasteiger partial charge in [0.2, 0.25) is 0 Å². The number of rotatable bonds is 3. The third-order valence-electron chi connectivity index (χ3n) is 6.00. The van der Waals surface area contributed by atoms with Crippen molar-refractivity contribution in [1.29, 1.82) is 0 Å². The molecule has 2 aliphatic heterocycles. The first-order valence-electron chi connectivity index (χ1n) is 10.1. The van der Waals surface area contributed by atoms with Crippen molar-refractivity contribution in [3.05, 3.63) is 38.2 Å².